The molecule has 4 rings (SSSR count). The number of hydrogen-bond donors (Lipinski definition) is 0. The van der Waals surface area contributed by atoms with Gasteiger partial charge in [-0.15, -0.1) is 0 Å². The van der Waals surface area contributed by atoms with Crippen molar-refractivity contribution in [3.63, 3.8) is 0 Å². The Labute approximate surface area is 203 Å². The lowest BCUT2D eigenvalue weighted by atomic mass is 9.80. The van der Waals surface area contributed by atoms with Gasteiger partial charge in [-0.1, -0.05) is 48.3 Å². The summed E-state index contributed by atoms with van der Waals surface area (Å²) in [4.78, 5) is 0. The topological polar surface area (TPSA) is 9.23 Å². The quantitative estimate of drug-likeness (QED) is 0.194. The molecule has 0 bridgehead atoms. The lowest BCUT2D eigenvalue weighted by Crippen LogP contribution is -2.13. The van der Waals surface area contributed by atoms with Gasteiger partial charge in [0.15, 0.2) is 17.4 Å². The fourth-order valence-corrected chi connectivity index (χ4v) is 4.71. The van der Waals surface area contributed by atoms with E-state index in [2.05, 4.69) is 35.7 Å². The first-order valence-electron chi connectivity index (χ1n) is 12.0. The maximum absolute atomic E-state index is 14.5. The zero-order valence-electron chi connectivity index (χ0n) is 19.7. The zero-order valence-corrected chi connectivity index (χ0v) is 19.7. The Hall–Kier alpha value is -3.26. The van der Waals surface area contributed by atoms with Gasteiger partial charge in [0.05, 0.1) is 0 Å². The Morgan fingerprint density at radius 2 is 1.69 bits per heavy atom. The van der Waals surface area contributed by atoms with E-state index in [4.69, 9.17) is 0 Å². The monoisotopic (exact) mass is 480 g/mol. The molecule has 0 unspecified atom stereocenters. The van der Waals surface area contributed by atoms with Crippen LogP contribution < -0.4 is 4.74 Å². The standard InChI is InChI=1S/C30H28F4O/c1-2-3-4-5-20-6-8-21(9-7-20)10-11-22-12-14-23(15-13-22)24-16-17-26-25(18-24)19-27(31)29(28(26)32)35-30(33)34/h2-3,12-21,30H,4-9H2,1H3/b3-2+. The van der Waals surface area contributed by atoms with Crippen molar-refractivity contribution >= 4 is 10.8 Å². The number of halogens is 4. The molecule has 35 heavy (non-hydrogen) atoms. The van der Waals surface area contributed by atoms with Crippen molar-refractivity contribution in [3.8, 4) is 28.7 Å². The molecule has 1 fully saturated rings. The summed E-state index contributed by atoms with van der Waals surface area (Å²) in [6.45, 7) is -1.24. The largest absolute Gasteiger partial charge is 0.429 e. The number of benzene rings is 3. The Balaban J connectivity index is 1.43. The van der Waals surface area contributed by atoms with Crippen LogP contribution in [0, 0.1) is 35.3 Å². The molecule has 0 N–H and O–H groups in total. The zero-order chi connectivity index (χ0) is 24.8. The van der Waals surface area contributed by atoms with E-state index in [9.17, 15) is 17.6 Å². The van der Waals surface area contributed by atoms with Gasteiger partial charge in [0.25, 0.3) is 0 Å². The average molecular weight is 481 g/mol. The number of rotatable bonds is 6. The molecule has 1 aliphatic carbocycles. The van der Waals surface area contributed by atoms with Crippen molar-refractivity contribution in [2.75, 3.05) is 0 Å². The van der Waals surface area contributed by atoms with Crippen LogP contribution in [0.3, 0.4) is 0 Å². The first kappa shape index (κ1) is 24.9. The number of ether oxygens (including phenoxy) is 1. The van der Waals surface area contributed by atoms with E-state index in [1.165, 1.54) is 31.7 Å². The van der Waals surface area contributed by atoms with Gasteiger partial charge >= 0.3 is 6.61 Å². The molecular formula is C30H28F4O. The van der Waals surface area contributed by atoms with Gasteiger partial charge in [0, 0.05) is 16.9 Å². The second-order valence-corrected chi connectivity index (χ2v) is 9.03. The van der Waals surface area contributed by atoms with Gasteiger partial charge in [-0.3, -0.25) is 0 Å². The van der Waals surface area contributed by atoms with Crippen molar-refractivity contribution in [2.24, 2.45) is 11.8 Å². The number of allylic oxidation sites excluding steroid dienone is 2. The van der Waals surface area contributed by atoms with Gasteiger partial charge < -0.3 is 4.74 Å². The van der Waals surface area contributed by atoms with Crippen LogP contribution in [0.2, 0.25) is 0 Å². The lowest BCUT2D eigenvalue weighted by Gasteiger charge is -2.25. The van der Waals surface area contributed by atoms with Gasteiger partial charge in [0.1, 0.15) is 0 Å². The molecule has 0 spiro atoms. The van der Waals surface area contributed by atoms with Crippen LogP contribution >= 0.6 is 0 Å². The Morgan fingerprint density at radius 3 is 2.37 bits per heavy atom. The van der Waals surface area contributed by atoms with Crippen molar-refractivity contribution < 1.29 is 22.3 Å². The summed E-state index contributed by atoms with van der Waals surface area (Å²) >= 11 is 0. The molecule has 3 aromatic rings. The summed E-state index contributed by atoms with van der Waals surface area (Å²) < 4.78 is 57.6. The molecule has 0 aromatic heterocycles. The highest BCUT2D eigenvalue weighted by atomic mass is 19.3. The van der Waals surface area contributed by atoms with Gasteiger partial charge in [-0.25, -0.2) is 8.78 Å². The molecule has 3 aromatic carbocycles. The first-order chi connectivity index (χ1) is 16.9. The van der Waals surface area contributed by atoms with Crippen LogP contribution in [0.25, 0.3) is 21.9 Å². The molecule has 0 heterocycles. The van der Waals surface area contributed by atoms with Crippen molar-refractivity contribution in [3.05, 3.63) is 77.9 Å². The van der Waals surface area contributed by atoms with E-state index in [-0.39, 0.29) is 10.8 Å². The number of fused-ring (bicyclic) bond motifs is 1. The maximum atomic E-state index is 14.5. The van der Waals surface area contributed by atoms with Crippen LogP contribution in [-0.4, -0.2) is 6.61 Å². The van der Waals surface area contributed by atoms with Crippen LogP contribution in [-0.2, 0) is 0 Å². The van der Waals surface area contributed by atoms with E-state index in [0.29, 0.717) is 5.92 Å². The molecule has 182 valence electrons. The van der Waals surface area contributed by atoms with E-state index in [1.807, 2.05) is 24.3 Å². The summed E-state index contributed by atoms with van der Waals surface area (Å²) in [5.41, 5.74) is 2.55. The third-order valence-corrected chi connectivity index (χ3v) is 6.66. The fraction of sp³-hybridized carbons (Fsp3) is 0.333. The van der Waals surface area contributed by atoms with Crippen LogP contribution in [0.1, 0.15) is 51.0 Å². The average Bonchev–Trinajstić information content (AvgIpc) is 2.86. The van der Waals surface area contributed by atoms with E-state index in [1.54, 1.807) is 12.1 Å². The highest BCUT2D eigenvalue weighted by molar-refractivity contribution is 5.89. The summed E-state index contributed by atoms with van der Waals surface area (Å²) in [5, 5.41) is 0.286. The minimum absolute atomic E-state index is 0.0184. The molecule has 0 atom stereocenters. The second kappa shape index (κ2) is 11.4. The molecular weight excluding hydrogens is 452 g/mol. The Bertz CT molecular complexity index is 1240. The SMILES string of the molecule is C/C=C/CCC1CCC(C#Cc2ccc(-c3ccc4c(F)c(OC(F)F)c(F)cc4c3)cc2)CC1. The van der Waals surface area contributed by atoms with Crippen molar-refractivity contribution in [2.45, 2.75) is 52.1 Å². The maximum Gasteiger partial charge on any atom is 0.387 e. The molecule has 1 aliphatic rings. The smallest absolute Gasteiger partial charge is 0.387 e. The minimum Gasteiger partial charge on any atom is -0.429 e. The predicted octanol–water partition coefficient (Wildman–Crippen LogP) is 8.90. The summed E-state index contributed by atoms with van der Waals surface area (Å²) in [6, 6.07) is 13.5. The third kappa shape index (κ3) is 6.25. The van der Waals surface area contributed by atoms with E-state index < -0.39 is 24.0 Å². The van der Waals surface area contributed by atoms with Crippen LogP contribution in [0.15, 0.2) is 60.7 Å². The summed E-state index contributed by atoms with van der Waals surface area (Å²) in [7, 11) is 0. The van der Waals surface area contributed by atoms with E-state index >= 15 is 0 Å². The summed E-state index contributed by atoms with van der Waals surface area (Å²) in [5.74, 6) is 4.61. The lowest BCUT2D eigenvalue weighted by molar-refractivity contribution is -0.0544. The Morgan fingerprint density at radius 1 is 0.971 bits per heavy atom. The summed E-state index contributed by atoms with van der Waals surface area (Å²) in [6.07, 6.45) is 11.6. The molecule has 0 saturated heterocycles. The van der Waals surface area contributed by atoms with Gasteiger partial charge in [0.2, 0.25) is 0 Å². The highest BCUT2D eigenvalue weighted by Crippen LogP contribution is 2.34. The number of alkyl halides is 2. The Kier molecular flexibility index (Phi) is 8.13. The van der Waals surface area contributed by atoms with Crippen LogP contribution in [0.4, 0.5) is 17.6 Å². The molecule has 5 heteroatoms. The fourth-order valence-electron chi connectivity index (χ4n) is 4.71. The molecule has 0 radical (unpaired) electrons. The highest BCUT2D eigenvalue weighted by Gasteiger charge is 2.20. The molecule has 1 nitrogen and oxygen atoms in total. The van der Waals surface area contributed by atoms with Crippen molar-refractivity contribution in [1.29, 1.82) is 0 Å². The predicted molar refractivity (Wildman–Crippen MR) is 132 cm³/mol. The number of hydrogen-bond acceptors (Lipinski definition) is 1. The second-order valence-electron chi connectivity index (χ2n) is 9.03. The normalized spacial score (nSPS) is 18.1. The first-order valence-corrected chi connectivity index (χ1v) is 12.0. The van der Waals surface area contributed by atoms with Gasteiger partial charge in [-0.2, -0.15) is 8.78 Å². The third-order valence-electron chi connectivity index (χ3n) is 6.66. The van der Waals surface area contributed by atoms with E-state index in [0.717, 1.165) is 41.5 Å². The molecule has 1 saturated carbocycles. The molecule has 0 amide bonds. The minimum atomic E-state index is -3.31. The molecule has 0 aliphatic heterocycles. The van der Waals surface area contributed by atoms with Crippen molar-refractivity contribution in [1.82, 2.24) is 0 Å². The van der Waals surface area contributed by atoms with Gasteiger partial charge in [-0.05, 0) is 92.1 Å². The van der Waals surface area contributed by atoms with Crippen LogP contribution in [0.5, 0.6) is 5.75 Å².